The molecule has 84 valence electrons. The Morgan fingerprint density at radius 2 is 2.31 bits per heavy atom. The fourth-order valence-corrected chi connectivity index (χ4v) is 2.39. The summed E-state index contributed by atoms with van der Waals surface area (Å²) >= 11 is 5.08. The molecule has 2 rings (SSSR count). The molecule has 0 saturated carbocycles. The van der Waals surface area contributed by atoms with Crippen molar-refractivity contribution >= 4 is 33.1 Å². The van der Waals surface area contributed by atoms with Gasteiger partial charge < -0.3 is 10.1 Å². The van der Waals surface area contributed by atoms with Crippen molar-refractivity contribution in [2.24, 2.45) is 0 Å². The smallest absolute Gasteiger partial charge is 0.151 e. The van der Waals surface area contributed by atoms with E-state index in [1.807, 2.05) is 18.2 Å². The van der Waals surface area contributed by atoms with Crippen molar-refractivity contribution < 1.29 is 4.74 Å². The van der Waals surface area contributed by atoms with E-state index in [9.17, 15) is 0 Å². The summed E-state index contributed by atoms with van der Waals surface area (Å²) in [6.45, 7) is 0.795. The summed E-state index contributed by atoms with van der Waals surface area (Å²) in [5.74, 6) is 1.57. The molecule has 0 aliphatic rings. The van der Waals surface area contributed by atoms with Crippen LogP contribution in [-0.4, -0.2) is 12.1 Å². The molecule has 0 unspecified atom stereocenters. The van der Waals surface area contributed by atoms with E-state index in [0.29, 0.717) is 4.60 Å². The molecule has 0 aliphatic heterocycles. The van der Waals surface area contributed by atoms with Gasteiger partial charge in [-0.15, -0.1) is 11.3 Å². The van der Waals surface area contributed by atoms with Gasteiger partial charge in [0.15, 0.2) is 5.75 Å². The van der Waals surface area contributed by atoms with Gasteiger partial charge in [-0.1, -0.05) is 6.07 Å². The third-order valence-electron chi connectivity index (χ3n) is 2.06. The largest absolute Gasteiger partial charge is 0.494 e. The fourth-order valence-electron chi connectivity index (χ4n) is 1.26. The Kier molecular flexibility index (Phi) is 3.79. The Morgan fingerprint density at radius 1 is 1.44 bits per heavy atom. The second kappa shape index (κ2) is 5.32. The van der Waals surface area contributed by atoms with Crippen LogP contribution >= 0.6 is 27.3 Å². The molecule has 16 heavy (non-hydrogen) atoms. The Hall–Kier alpha value is -1.07. The zero-order chi connectivity index (χ0) is 11.4. The van der Waals surface area contributed by atoms with Crippen LogP contribution in [0.3, 0.4) is 0 Å². The minimum atomic E-state index is 0.714. The number of aromatic nitrogens is 1. The number of halogens is 1. The van der Waals surface area contributed by atoms with E-state index in [1.54, 1.807) is 18.4 Å². The van der Waals surface area contributed by atoms with E-state index in [-0.39, 0.29) is 0 Å². The number of methoxy groups -OCH3 is 1. The van der Waals surface area contributed by atoms with Gasteiger partial charge in [0, 0.05) is 4.88 Å². The predicted octanol–water partition coefficient (Wildman–Crippen LogP) is 3.53. The van der Waals surface area contributed by atoms with Crippen LogP contribution in [0, 0.1) is 0 Å². The lowest BCUT2D eigenvalue weighted by molar-refractivity contribution is 0.410. The van der Waals surface area contributed by atoms with Gasteiger partial charge in [0.25, 0.3) is 0 Å². The lowest BCUT2D eigenvalue weighted by atomic mass is 10.4. The van der Waals surface area contributed by atoms with Crippen molar-refractivity contribution in [2.75, 3.05) is 12.4 Å². The number of pyridine rings is 1. The average Bonchev–Trinajstić information content (AvgIpc) is 2.79. The number of thiophene rings is 1. The first-order valence-corrected chi connectivity index (χ1v) is 6.43. The topological polar surface area (TPSA) is 34.1 Å². The van der Waals surface area contributed by atoms with Gasteiger partial charge in [-0.05, 0) is 39.5 Å². The quantitative estimate of drug-likeness (QED) is 0.877. The van der Waals surface area contributed by atoms with Gasteiger partial charge in [-0.2, -0.15) is 0 Å². The molecule has 0 fully saturated rings. The summed E-state index contributed by atoms with van der Waals surface area (Å²) in [5.41, 5.74) is 0. The number of rotatable bonds is 4. The van der Waals surface area contributed by atoms with Crippen LogP contribution in [0.25, 0.3) is 0 Å². The maximum absolute atomic E-state index is 5.12. The van der Waals surface area contributed by atoms with Crippen molar-refractivity contribution in [3.05, 3.63) is 39.1 Å². The van der Waals surface area contributed by atoms with Gasteiger partial charge in [-0.3, -0.25) is 0 Å². The van der Waals surface area contributed by atoms with Gasteiger partial charge in [0.1, 0.15) is 10.4 Å². The lowest BCUT2D eigenvalue weighted by Gasteiger charge is -2.06. The number of nitrogens with zero attached hydrogens (tertiary/aromatic N) is 1. The predicted molar refractivity (Wildman–Crippen MR) is 70.1 cm³/mol. The first kappa shape index (κ1) is 11.4. The molecule has 0 radical (unpaired) electrons. The number of hydrogen-bond donors (Lipinski definition) is 1. The summed E-state index contributed by atoms with van der Waals surface area (Å²) in [7, 11) is 1.63. The summed E-state index contributed by atoms with van der Waals surface area (Å²) < 4.78 is 5.83. The Balaban J connectivity index is 2.02. The number of nitrogens with one attached hydrogen (secondary N) is 1. The lowest BCUT2D eigenvalue weighted by Crippen LogP contribution is -2.00. The molecule has 3 nitrogen and oxygen atoms in total. The minimum absolute atomic E-state index is 0.714. The van der Waals surface area contributed by atoms with Crippen LogP contribution in [0.4, 0.5) is 5.82 Å². The molecular formula is C11H11BrN2OS. The van der Waals surface area contributed by atoms with Gasteiger partial charge in [-0.25, -0.2) is 4.98 Å². The highest BCUT2D eigenvalue weighted by Gasteiger charge is 2.02. The maximum Gasteiger partial charge on any atom is 0.151 e. The second-order valence-electron chi connectivity index (χ2n) is 3.12. The van der Waals surface area contributed by atoms with E-state index in [4.69, 9.17) is 4.74 Å². The molecule has 0 atom stereocenters. The molecule has 0 spiro atoms. The second-order valence-corrected chi connectivity index (χ2v) is 4.91. The van der Waals surface area contributed by atoms with E-state index >= 15 is 0 Å². The highest BCUT2D eigenvalue weighted by atomic mass is 79.9. The van der Waals surface area contributed by atoms with Gasteiger partial charge in [0.05, 0.1) is 13.7 Å². The van der Waals surface area contributed by atoms with Gasteiger partial charge >= 0.3 is 0 Å². The fraction of sp³-hybridized carbons (Fsp3) is 0.182. The Bertz CT molecular complexity index is 459. The van der Waals surface area contributed by atoms with Crippen LogP contribution in [0.15, 0.2) is 34.2 Å². The number of anilines is 1. The first-order chi connectivity index (χ1) is 7.79. The molecule has 0 saturated heterocycles. The van der Waals surface area contributed by atoms with Crippen molar-refractivity contribution in [1.29, 1.82) is 0 Å². The molecular weight excluding hydrogens is 288 g/mol. The van der Waals surface area contributed by atoms with E-state index in [2.05, 4.69) is 37.7 Å². The van der Waals surface area contributed by atoms with Crippen LogP contribution in [0.2, 0.25) is 0 Å². The number of ether oxygens (including phenoxy) is 1. The van der Waals surface area contributed by atoms with E-state index in [0.717, 1.165) is 18.1 Å². The standard InChI is InChI=1S/C11H11BrN2OS/c1-15-9-4-5-10(14-11(9)12)13-7-8-3-2-6-16-8/h2-6H,7H2,1H3,(H,13,14). The minimum Gasteiger partial charge on any atom is -0.494 e. The van der Waals surface area contributed by atoms with E-state index < -0.39 is 0 Å². The van der Waals surface area contributed by atoms with Crippen LogP contribution < -0.4 is 10.1 Å². The van der Waals surface area contributed by atoms with Crippen molar-refractivity contribution in [3.63, 3.8) is 0 Å². The Morgan fingerprint density at radius 3 is 2.94 bits per heavy atom. The third-order valence-corrected chi connectivity index (χ3v) is 3.50. The monoisotopic (exact) mass is 298 g/mol. The molecule has 0 aromatic carbocycles. The summed E-state index contributed by atoms with van der Waals surface area (Å²) in [4.78, 5) is 5.61. The first-order valence-electron chi connectivity index (χ1n) is 4.76. The molecule has 2 aromatic heterocycles. The molecule has 0 aliphatic carbocycles. The zero-order valence-corrected chi connectivity index (χ0v) is 11.1. The summed E-state index contributed by atoms with van der Waals surface area (Å²) in [5, 5.41) is 5.32. The van der Waals surface area contributed by atoms with Crippen molar-refractivity contribution in [2.45, 2.75) is 6.54 Å². The van der Waals surface area contributed by atoms with Crippen LogP contribution in [-0.2, 0) is 6.54 Å². The number of hydrogen-bond acceptors (Lipinski definition) is 4. The van der Waals surface area contributed by atoms with Crippen LogP contribution in [0.1, 0.15) is 4.88 Å². The van der Waals surface area contributed by atoms with Crippen molar-refractivity contribution in [3.8, 4) is 5.75 Å². The molecule has 1 N–H and O–H groups in total. The molecule has 5 heteroatoms. The molecule has 2 aromatic rings. The zero-order valence-electron chi connectivity index (χ0n) is 8.74. The van der Waals surface area contributed by atoms with Crippen molar-refractivity contribution in [1.82, 2.24) is 4.98 Å². The Labute approximate surface area is 107 Å². The average molecular weight is 299 g/mol. The highest BCUT2D eigenvalue weighted by molar-refractivity contribution is 9.10. The van der Waals surface area contributed by atoms with Gasteiger partial charge in [0.2, 0.25) is 0 Å². The highest BCUT2D eigenvalue weighted by Crippen LogP contribution is 2.24. The normalized spacial score (nSPS) is 10.1. The third kappa shape index (κ3) is 2.74. The SMILES string of the molecule is COc1ccc(NCc2cccs2)nc1Br. The summed E-state index contributed by atoms with van der Waals surface area (Å²) in [6.07, 6.45) is 0. The molecule has 0 amide bonds. The molecule has 2 heterocycles. The van der Waals surface area contributed by atoms with E-state index in [1.165, 1.54) is 4.88 Å². The maximum atomic E-state index is 5.12. The molecule has 0 bridgehead atoms. The summed E-state index contributed by atoms with van der Waals surface area (Å²) in [6, 6.07) is 7.92. The van der Waals surface area contributed by atoms with Crippen LogP contribution in [0.5, 0.6) is 5.75 Å².